The molecule has 1 fully saturated rings. The van der Waals surface area contributed by atoms with Gasteiger partial charge in [-0.2, -0.15) is 4.31 Å². The smallest absolute Gasteiger partial charge is 0.248 e. The SMILES string of the molecule is Cc1ccc(/C=C/c2onc(C)c2S(=O)(=O)N2CCC[C@H](C(=O)Nc3cccc(Cl)c3C)C2)cc1. The Hall–Kier alpha value is -2.94. The van der Waals surface area contributed by atoms with Crippen LogP contribution in [-0.2, 0) is 14.8 Å². The van der Waals surface area contributed by atoms with E-state index in [1.165, 1.54) is 4.31 Å². The average molecular weight is 514 g/mol. The molecule has 4 rings (SSSR count). The van der Waals surface area contributed by atoms with Crippen LogP contribution in [0.3, 0.4) is 0 Å². The largest absolute Gasteiger partial charge is 0.355 e. The monoisotopic (exact) mass is 513 g/mol. The summed E-state index contributed by atoms with van der Waals surface area (Å²) >= 11 is 6.17. The number of anilines is 1. The standard InChI is InChI=1S/C26H28ClN3O4S/c1-17-9-11-20(12-10-17)13-14-24-25(19(3)29-34-24)35(32,33)30-15-5-6-21(16-30)26(31)28-23-8-4-7-22(27)18(23)2/h4,7-14,21H,5-6,15-16H2,1-3H3,(H,28,31)/b14-13+/t21-/m0/s1. The van der Waals surface area contributed by atoms with Crippen LogP contribution in [0.15, 0.2) is 51.9 Å². The predicted molar refractivity (Wildman–Crippen MR) is 138 cm³/mol. The molecule has 1 aliphatic rings. The molecule has 2 heterocycles. The number of benzene rings is 2. The van der Waals surface area contributed by atoms with Crippen LogP contribution in [0.2, 0.25) is 5.02 Å². The number of carbonyl (C=O) groups excluding carboxylic acids is 1. The molecule has 1 saturated heterocycles. The number of sulfonamides is 1. The fourth-order valence-corrected chi connectivity index (χ4v) is 6.08. The van der Waals surface area contributed by atoms with Crippen LogP contribution in [-0.4, -0.2) is 36.9 Å². The van der Waals surface area contributed by atoms with E-state index < -0.39 is 15.9 Å². The molecule has 35 heavy (non-hydrogen) atoms. The van der Waals surface area contributed by atoms with E-state index in [2.05, 4.69) is 10.5 Å². The molecule has 1 aromatic heterocycles. The zero-order valence-corrected chi connectivity index (χ0v) is 21.5. The lowest BCUT2D eigenvalue weighted by atomic mass is 9.98. The lowest BCUT2D eigenvalue weighted by Crippen LogP contribution is -2.44. The lowest BCUT2D eigenvalue weighted by Gasteiger charge is -2.31. The van der Waals surface area contributed by atoms with Gasteiger partial charge in [0.05, 0.1) is 5.92 Å². The number of nitrogens with zero attached hydrogens (tertiary/aromatic N) is 2. The second-order valence-corrected chi connectivity index (χ2v) is 11.1. The number of halogens is 1. The van der Waals surface area contributed by atoms with E-state index in [9.17, 15) is 13.2 Å². The summed E-state index contributed by atoms with van der Waals surface area (Å²) in [4.78, 5) is 13.0. The fourth-order valence-electron chi connectivity index (χ4n) is 4.13. The van der Waals surface area contributed by atoms with E-state index >= 15 is 0 Å². The van der Waals surface area contributed by atoms with Crippen molar-refractivity contribution in [2.75, 3.05) is 18.4 Å². The van der Waals surface area contributed by atoms with E-state index in [0.29, 0.717) is 30.1 Å². The number of hydrogen-bond donors (Lipinski definition) is 1. The minimum atomic E-state index is -3.92. The van der Waals surface area contributed by atoms with Gasteiger partial charge in [-0.15, -0.1) is 0 Å². The second kappa shape index (κ2) is 10.4. The molecule has 3 aromatic rings. The lowest BCUT2D eigenvalue weighted by molar-refractivity contribution is -0.120. The molecule has 0 radical (unpaired) electrons. The Kier molecular flexibility index (Phi) is 7.44. The summed E-state index contributed by atoms with van der Waals surface area (Å²) in [5.41, 5.74) is 3.73. The first-order valence-corrected chi connectivity index (χ1v) is 13.3. The fraction of sp³-hybridized carbons (Fsp3) is 0.308. The molecule has 0 unspecified atom stereocenters. The topological polar surface area (TPSA) is 92.5 Å². The number of carbonyl (C=O) groups is 1. The Balaban J connectivity index is 1.54. The van der Waals surface area contributed by atoms with Crippen molar-refractivity contribution in [1.29, 1.82) is 0 Å². The molecular weight excluding hydrogens is 486 g/mol. The van der Waals surface area contributed by atoms with Gasteiger partial charge < -0.3 is 9.84 Å². The number of amides is 1. The number of piperidine rings is 1. The molecule has 2 aromatic carbocycles. The zero-order chi connectivity index (χ0) is 25.2. The van der Waals surface area contributed by atoms with Crippen molar-refractivity contribution in [2.24, 2.45) is 5.92 Å². The van der Waals surface area contributed by atoms with Gasteiger partial charge in [-0.1, -0.05) is 58.7 Å². The van der Waals surface area contributed by atoms with Crippen LogP contribution in [0.1, 0.15) is 41.0 Å². The first kappa shape index (κ1) is 25.2. The molecule has 1 amide bonds. The van der Waals surface area contributed by atoms with E-state index in [0.717, 1.165) is 16.7 Å². The highest BCUT2D eigenvalue weighted by Gasteiger charge is 2.37. The van der Waals surface area contributed by atoms with Crippen LogP contribution >= 0.6 is 11.6 Å². The Morgan fingerprint density at radius 3 is 2.63 bits per heavy atom. The summed E-state index contributed by atoms with van der Waals surface area (Å²) in [7, 11) is -3.92. The Bertz CT molecular complexity index is 1360. The van der Waals surface area contributed by atoms with Gasteiger partial charge in [0, 0.05) is 23.8 Å². The van der Waals surface area contributed by atoms with Crippen LogP contribution < -0.4 is 5.32 Å². The maximum Gasteiger partial charge on any atom is 0.248 e. The van der Waals surface area contributed by atoms with Gasteiger partial charge in [-0.05, 0) is 62.9 Å². The van der Waals surface area contributed by atoms with E-state index in [1.807, 2.05) is 38.1 Å². The Morgan fingerprint density at radius 2 is 1.89 bits per heavy atom. The molecule has 184 valence electrons. The third-order valence-corrected chi connectivity index (χ3v) is 8.65. The third kappa shape index (κ3) is 5.50. The minimum absolute atomic E-state index is 0.0348. The maximum atomic E-state index is 13.6. The third-order valence-electron chi connectivity index (χ3n) is 6.22. The molecule has 0 saturated carbocycles. The van der Waals surface area contributed by atoms with Crippen LogP contribution in [0.5, 0.6) is 0 Å². The zero-order valence-electron chi connectivity index (χ0n) is 19.9. The average Bonchev–Trinajstić information content (AvgIpc) is 3.22. The van der Waals surface area contributed by atoms with Crippen LogP contribution in [0.25, 0.3) is 12.2 Å². The van der Waals surface area contributed by atoms with E-state index in [1.54, 1.807) is 37.3 Å². The van der Waals surface area contributed by atoms with Crippen molar-refractivity contribution >= 4 is 45.4 Å². The number of hydrogen-bond acceptors (Lipinski definition) is 5. The Morgan fingerprint density at radius 1 is 1.14 bits per heavy atom. The van der Waals surface area contributed by atoms with Gasteiger partial charge in [0.25, 0.3) is 0 Å². The van der Waals surface area contributed by atoms with Crippen molar-refractivity contribution in [1.82, 2.24) is 9.46 Å². The Labute approximate surface area is 210 Å². The molecule has 0 bridgehead atoms. The van der Waals surface area contributed by atoms with E-state index in [4.69, 9.17) is 16.1 Å². The highest BCUT2D eigenvalue weighted by Crippen LogP contribution is 2.30. The van der Waals surface area contributed by atoms with Crippen LogP contribution in [0, 0.1) is 26.7 Å². The highest BCUT2D eigenvalue weighted by molar-refractivity contribution is 7.89. The molecular formula is C26H28ClN3O4S. The van der Waals surface area contributed by atoms with Crippen molar-refractivity contribution in [3.63, 3.8) is 0 Å². The molecule has 1 N–H and O–H groups in total. The first-order valence-electron chi connectivity index (χ1n) is 11.4. The van der Waals surface area contributed by atoms with Gasteiger partial charge in [-0.3, -0.25) is 4.79 Å². The molecule has 1 aliphatic heterocycles. The van der Waals surface area contributed by atoms with Crippen molar-refractivity contribution in [2.45, 2.75) is 38.5 Å². The normalized spacial score (nSPS) is 17.1. The molecule has 1 atom stereocenters. The summed E-state index contributed by atoms with van der Waals surface area (Å²) in [5.74, 6) is -0.537. The minimum Gasteiger partial charge on any atom is -0.355 e. The molecule has 0 aliphatic carbocycles. The number of rotatable bonds is 6. The number of aryl methyl sites for hydroxylation is 2. The summed E-state index contributed by atoms with van der Waals surface area (Å²) in [5, 5.41) is 7.37. The number of nitrogens with one attached hydrogen (secondary N) is 1. The number of aromatic nitrogens is 1. The van der Waals surface area contributed by atoms with Gasteiger partial charge in [0.2, 0.25) is 15.9 Å². The molecule has 0 spiro atoms. The van der Waals surface area contributed by atoms with Crippen molar-refractivity contribution < 1.29 is 17.7 Å². The quantitative estimate of drug-likeness (QED) is 0.472. The van der Waals surface area contributed by atoms with Gasteiger partial charge in [0.15, 0.2) is 10.7 Å². The summed E-state index contributed by atoms with van der Waals surface area (Å²) in [6.45, 7) is 5.85. The predicted octanol–water partition coefficient (Wildman–Crippen LogP) is 5.46. The van der Waals surface area contributed by atoms with E-state index in [-0.39, 0.29) is 28.8 Å². The maximum absolute atomic E-state index is 13.6. The summed E-state index contributed by atoms with van der Waals surface area (Å²) in [6, 6.07) is 13.1. The van der Waals surface area contributed by atoms with Gasteiger partial charge >= 0.3 is 0 Å². The summed E-state index contributed by atoms with van der Waals surface area (Å²) in [6.07, 6.45) is 4.58. The first-order chi connectivity index (χ1) is 16.7. The van der Waals surface area contributed by atoms with Gasteiger partial charge in [-0.25, -0.2) is 8.42 Å². The highest BCUT2D eigenvalue weighted by atomic mass is 35.5. The molecule has 9 heteroatoms. The van der Waals surface area contributed by atoms with Crippen molar-refractivity contribution in [3.05, 3.63) is 75.6 Å². The van der Waals surface area contributed by atoms with Crippen LogP contribution in [0.4, 0.5) is 5.69 Å². The van der Waals surface area contributed by atoms with Gasteiger partial charge in [0.1, 0.15) is 5.69 Å². The second-order valence-electron chi connectivity index (χ2n) is 8.81. The summed E-state index contributed by atoms with van der Waals surface area (Å²) < 4.78 is 33.9. The molecule has 7 nitrogen and oxygen atoms in total. The van der Waals surface area contributed by atoms with Crippen molar-refractivity contribution in [3.8, 4) is 0 Å².